The van der Waals surface area contributed by atoms with Gasteiger partial charge in [-0.05, 0) is 13.0 Å². The number of aliphatic hydroxyl groups is 1. The van der Waals surface area contributed by atoms with Crippen molar-refractivity contribution < 1.29 is 23.0 Å². The summed E-state index contributed by atoms with van der Waals surface area (Å²) in [6.45, 7) is 2.07. The van der Waals surface area contributed by atoms with E-state index < -0.39 is 18.7 Å². The first-order chi connectivity index (χ1) is 7.44. The maximum Gasteiger partial charge on any atom is 0.391 e. The number of aliphatic hydroxyl groups excluding tert-OH is 1. The molecule has 0 aromatic heterocycles. The van der Waals surface area contributed by atoms with Gasteiger partial charge in [0.25, 0.3) is 0 Å². The van der Waals surface area contributed by atoms with E-state index in [0.717, 1.165) is 0 Å². The Labute approximate surface area is 91.7 Å². The zero-order valence-corrected chi connectivity index (χ0v) is 8.79. The molecule has 0 heterocycles. The first-order valence-corrected chi connectivity index (χ1v) is 4.90. The minimum Gasteiger partial charge on any atom is -0.493 e. The molecule has 1 rings (SSSR count). The molecule has 1 N–H and O–H groups in total. The van der Waals surface area contributed by atoms with E-state index in [1.165, 1.54) is 6.07 Å². The van der Waals surface area contributed by atoms with Crippen LogP contribution in [-0.2, 0) is 0 Å². The first-order valence-electron chi connectivity index (χ1n) is 4.90. The highest BCUT2D eigenvalue weighted by Gasteiger charge is 2.32. The van der Waals surface area contributed by atoms with Crippen molar-refractivity contribution >= 4 is 0 Å². The van der Waals surface area contributed by atoms with Crippen LogP contribution in [0.2, 0.25) is 0 Å². The van der Waals surface area contributed by atoms with Gasteiger partial charge in [-0.1, -0.05) is 18.2 Å². The van der Waals surface area contributed by atoms with Crippen molar-refractivity contribution in [3.8, 4) is 5.75 Å². The van der Waals surface area contributed by atoms with Crippen LogP contribution in [0.1, 0.15) is 25.0 Å². The lowest BCUT2D eigenvalue weighted by atomic mass is 10.1. The number of alkyl halides is 3. The van der Waals surface area contributed by atoms with Crippen molar-refractivity contribution in [3.63, 3.8) is 0 Å². The Morgan fingerprint density at radius 2 is 1.94 bits per heavy atom. The summed E-state index contributed by atoms with van der Waals surface area (Å²) in [5.41, 5.74) is 0.168. The summed E-state index contributed by atoms with van der Waals surface area (Å²) in [5, 5.41) is 9.46. The molecule has 1 atom stereocenters. The van der Waals surface area contributed by atoms with Gasteiger partial charge in [0, 0.05) is 5.56 Å². The van der Waals surface area contributed by atoms with Crippen LogP contribution in [0.3, 0.4) is 0 Å². The van der Waals surface area contributed by atoms with Gasteiger partial charge in [0.1, 0.15) is 5.75 Å². The molecule has 90 valence electrons. The molecule has 5 heteroatoms. The van der Waals surface area contributed by atoms with Crippen molar-refractivity contribution in [1.82, 2.24) is 0 Å². The van der Waals surface area contributed by atoms with Gasteiger partial charge in [0.15, 0.2) is 0 Å². The van der Waals surface area contributed by atoms with E-state index in [1.54, 1.807) is 25.1 Å². The van der Waals surface area contributed by atoms with Crippen LogP contribution in [0.5, 0.6) is 5.75 Å². The molecule has 0 saturated heterocycles. The van der Waals surface area contributed by atoms with Gasteiger partial charge < -0.3 is 9.84 Å². The fourth-order valence-electron chi connectivity index (χ4n) is 1.37. The largest absolute Gasteiger partial charge is 0.493 e. The molecule has 0 aliphatic carbocycles. The van der Waals surface area contributed by atoms with Crippen molar-refractivity contribution in [2.24, 2.45) is 0 Å². The number of ether oxygens (including phenoxy) is 1. The van der Waals surface area contributed by atoms with Crippen LogP contribution < -0.4 is 4.74 Å². The quantitative estimate of drug-likeness (QED) is 0.867. The molecule has 16 heavy (non-hydrogen) atoms. The highest BCUT2D eigenvalue weighted by atomic mass is 19.4. The van der Waals surface area contributed by atoms with Gasteiger partial charge in [0.05, 0.1) is 19.1 Å². The van der Waals surface area contributed by atoms with Crippen LogP contribution >= 0.6 is 0 Å². The summed E-state index contributed by atoms with van der Waals surface area (Å²) < 4.78 is 41.5. The fraction of sp³-hybridized carbons (Fsp3) is 0.455. The Kier molecular flexibility index (Phi) is 4.18. The normalized spacial score (nSPS) is 13.6. The molecule has 1 unspecified atom stereocenters. The lowest BCUT2D eigenvalue weighted by molar-refractivity contribution is -0.154. The molecular formula is C11H13F3O2. The standard InChI is InChI=1S/C11H13F3O2/c1-2-16-10-6-4-3-5-8(10)9(15)7-11(12,13)14/h3-6,9,15H,2,7H2,1H3. The summed E-state index contributed by atoms with van der Waals surface area (Å²) in [4.78, 5) is 0. The number of para-hydroxylation sites is 1. The second-order valence-electron chi connectivity index (χ2n) is 3.31. The molecule has 0 radical (unpaired) electrons. The van der Waals surface area contributed by atoms with Gasteiger partial charge in [-0.2, -0.15) is 13.2 Å². The summed E-state index contributed by atoms with van der Waals surface area (Å²) >= 11 is 0. The third-order valence-electron chi connectivity index (χ3n) is 2.00. The van der Waals surface area contributed by atoms with E-state index in [2.05, 4.69) is 0 Å². The Hall–Kier alpha value is -1.23. The van der Waals surface area contributed by atoms with Gasteiger partial charge in [-0.15, -0.1) is 0 Å². The number of benzene rings is 1. The Morgan fingerprint density at radius 3 is 2.50 bits per heavy atom. The van der Waals surface area contributed by atoms with Crippen LogP contribution in [0.25, 0.3) is 0 Å². The average Bonchev–Trinajstić information content (AvgIpc) is 2.16. The van der Waals surface area contributed by atoms with Crippen molar-refractivity contribution in [2.45, 2.75) is 25.6 Å². The van der Waals surface area contributed by atoms with E-state index in [-0.39, 0.29) is 5.56 Å². The maximum atomic E-state index is 12.1. The number of rotatable bonds is 4. The van der Waals surface area contributed by atoms with Crippen LogP contribution in [0, 0.1) is 0 Å². The number of hydrogen-bond acceptors (Lipinski definition) is 2. The third-order valence-corrected chi connectivity index (χ3v) is 2.00. The van der Waals surface area contributed by atoms with E-state index >= 15 is 0 Å². The Balaban J connectivity index is 2.85. The summed E-state index contributed by atoms with van der Waals surface area (Å²) in [6, 6.07) is 6.19. The van der Waals surface area contributed by atoms with Gasteiger partial charge >= 0.3 is 6.18 Å². The first kappa shape index (κ1) is 12.8. The summed E-state index contributed by atoms with van der Waals surface area (Å²) in [5.74, 6) is 0.293. The molecule has 0 amide bonds. The molecule has 0 saturated carbocycles. The van der Waals surface area contributed by atoms with Crippen LogP contribution in [0.15, 0.2) is 24.3 Å². The van der Waals surface area contributed by atoms with Gasteiger partial charge in [-0.25, -0.2) is 0 Å². The van der Waals surface area contributed by atoms with E-state index in [1.807, 2.05) is 0 Å². The van der Waals surface area contributed by atoms with Crippen molar-refractivity contribution in [1.29, 1.82) is 0 Å². The number of hydrogen-bond donors (Lipinski definition) is 1. The molecule has 0 fully saturated rings. The van der Waals surface area contributed by atoms with Crippen molar-refractivity contribution in [3.05, 3.63) is 29.8 Å². The molecule has 0 bridgehead atoms. The van der Waals surface area contributed by atoms with Gasteiger partial charge in [-0.3, -0.25) is 0 Å². The maximum absolute atomic E-state index is 12.1. The smallest absolute Gasteiger partial charge is 0.391 e. The van der Waals surface area contributed by atoms with E-state index in [0.29, 0.717) is 12.4 Å². The minimum absolute atomic E-state index is 0.168. The zero-order chi connectivity index (χ0) is 12.2. The van der Waals surface area contributed by atoms with Crippen LogP contribution in [0.4, 0.5) is 13.2 Å². The molecule has 1 aromatic carbocycles. The topological polar surface area (TPSA) is 29.5 Å². The average molecular weight is 234 g/mol. The fourth-order valence-corrected chi connectivity index (χ4v) is 1.37. The lowest BCUT2D eigenvalue weighted by Crippen LogP contribution is -2.14. The molecule has 0 aliphatic heterocycles. The van der Waals surface area contributed by atoms with Crippen molar-refractivity contribution in [2.75, 3.05) is 6.61 Å². The second-order valence-corrected chi connectivity index (χ2v) is 3.31. The van der Waals surface area contributed by atoms with E-state index in [4.69, 9.17) is 4.74 Å². The third kappa shape index (κ3) is 3.73. The number of halogens is 3. The molecule has 1 aromatic rings. The lowest BCUT2D eigenvalue weighted by Gasteiger charge is -2.16. The van der Waals surface area contributed by atoms with Crippen LogP contribution in [-0.4, -0.2) is 17.9 Å². The second kappa shape index (κ2) is 5.21. The molecule has 2 nitrogen and oxygen atoms in total. The predicted octanol–water partition coefficient (Wildman–Crippen LogP) is 3.07. The molecule has 0 aliphatic rings. The van der Waals surface area contributed by atoms with Gasteiger partial charge in [0.2, 0.25) is 0 Å². The highest BCUT2D eigenvalue weighted by molar-refractivity contribution is 5.35. The highest BCUT2D eigenvalue weighted by Crippen LogP contribution is 2.33. The Morgan fingerprint density at radius 1 is 1.31 bits per heavy atom. The Bertz CT molecular complexity index is 336. The summed E-state index contributed by atoms with van der Waals surface area (Å²) in [7, 11) is 0. The van der Waals surface area contributed by atoms with E-state index in [9.17, 15) is 18.3 Å². The zero-order valence-electron chi connectivity index (χ0n) is 8.79. The molecular weight excluding hydrogens is 221 g/mol. The monoisotopic (exact) mass is 234 g/mol. The molecule has 0 spiro atoms. The predicted molar refractivity (Wildman–Crippen MR) is 53.2 cm³/mol. The summed E-state index contributed by atoms with van der Waals surface area (Å²) in [6.07, 6.45) is -7.24. The minimum atomic E-state index is -4.39. The SMILES string of the molecule is CCOc1ccccc1C(O)CC(F)(F)F.